The van der Waals surface area contributed by atoms with Crippen molar-refractivity contribution in [2.75, 3.05) is 18.1 Å². The summed E-state index contributed by atoms with van der Waals surface area (Å²) in [5.41, 5.74) is 3.41. The van der Waals surface area contributed by atoms with Gasteiger partial charge in [-0.3, -0.25) is 14.5 Å². The normalized spacial score (nSPS) is 15.8. The molecule has 1 fully saturated rings. The van der Waals surface area contributed by atoms with Crippen LogP contribution < -0.4 is 19.7 Å². The molecule has 0 saturated heterocycles. The van der Waals surface area contributed by atoms with Gasteiger partial charge in [-0.1, -0.05) is 31.0 Å². The molecule has 3 aromatic carbocycles. The van der Waals surface area contributed by atoms with Crippen LogP contribution in [0.25, 0.3) is 0 Å². The first kappa shape index (κ1) is 24.8. The third-order valence-electron chi connectivity index (χ3n) is 6.89. The first-order valence-corrected chi connectivity index (χ1v) is 12.8. The summed E-state index contributed by atoms with van der Waals surface area (Å²) >= 11 is 0. The van der Waals surface area contributed by atoms with Crippen LogP contribution >= 0.6 is 0 Å². The molecular weight excluding hydrogens is 471 g/mol. The van der Waals surface area contributed by atoms with Crippen molar-refractivity contribution in [2.45, 2.75) is 51.6 Å². The van der Waals surface area contributed by atoms with Crippen LogP contribution in [0.1, 0.15) is 58.8 Å². The molecule has 1 aliphatic heterocycles. The Morgan fingerprint density at radius 1 is 0.892 bits per heavy atom. The van der Waals surface area contributed by atoms with Gasteiger partial charge in [0.2, 0.25) is 5.91 Å². The van der Waals surface area contributed by atoms with Crippen LogP contribution in [-0.4, -0.2) is 31.1 Å². The maximum Gasteiger partial charge on any atom is 0.259 e. The Labute approximate surface area is 216 Å². The van der Waals surface area contributed by atoms with Gasteiger partial charge in [-0.25, -0.2) is 4.39 Å². The number of amides is 2. The van der Waals surface area contributed by atoms with E-state index in [0.717, 1.165) is 36.8 Å². The second-order valence-corrected chi connectivity index (χ2v) is 9.82. The summed E-state index contributed by atoms with van der Waals surface area (Å²) < 4.78 is 25.2. The molecule has 1 unspecified atom stereocenters. The Morgan fingerprint density at radius 3 is 2.22 bits per heavy atom. The molecule has 6 nitrogen and oxygen atoms in total. The van der Waals surface area contributed by atoms with E-state index in [1.165, 1.54) is 17.0 Å². The first-order chi connectivity index (χ1) is 17.9. The number of benzene rings is 3. The zero-order valence-electron chi connectivity index (χ0n) is 21.1. The highest BCUT2D eigenvalue weighted by molar-refractivity contribution is 6.10. The van der Waals surface area contributed by atoms with Gasteiger partial charge in [-0.15, -0.1) is 0 Å². The van der Waals surface area contributed by atoms with Gasteiger partial charge >= 0.3 is 0 Å². The number of halogens is 1. The summed E-state index contributed by atoms with van der Waals surface area (Å²) in [5, 5.41) is 3.16. The lowest BCUT2D eigenvalue weighted by Crippen LogP contribution is -2.46. The van der Waals surface area contributed by atoms with Crippen LogP contribution in [0.4, 0.5) is 10.1 Å². The minimum absolute atomic E-state index is 0.0564. The summed E-state index contributed by atoms with van der Waals surface area (Å²) in [4.78, 5) is 29.7. The van der Waals surface area contributed by atoms with Crippen molar-refractivity contribution < 1.29 is 23.5 Å². The lowest BCUT2D eigenvalue weighted by molar-refractivity contribution is -0.123. The van der Waals surface area contributed by atoms with Gasteiger partial charge in [-0.2, -0.15) is 0 Å². The molecule has 1 aliphatic carbocycles. The minimum atomic E-state index is -0.997. The quantitative estimate of drug-likeness (QED) is 0.472. The van der Waals surface area contributed by atoms with Gasteiger partial charge in [0.15, 0.2) is 11.5 Å². The van der Waals surface area contributed by atoms with Crippen molar-refractivity contribution in [1.29, 1.82) is 0 Å². The molecule has 2 amide bonds. The third kappa shape index (κ3) is 5.45. The zero-order valence-corrected chi connectivity index (χ0v) is 21.1. The van der Waals surface area contributed by atoms with E-state index in [1.54, 1.807) is 30.3 Å². The van der Waals surface area contributed by atoms with Gasteiger partial charge in [-0.05, 0) is 85.8 Å². The Morgan fingerprint density at radius 2 is 1.54 bits per heavy atom. The van der Waals surface area contributed by atoms with Gasteiger partial charge in [0, 0.05) is 17.3 Å². The Balaban J connectivity index is 1.62. The van der Waals surface area contributed by atoms with E-state index >= 15 is 0 Å². The molecule has 7 heteroatoms. The lowest BCUT2D eigenvalue weighted by atomic mass is 9.99. The van der Waals surface area contributed by atoms with Crippen molar-refractivity contribution in [3.8, 4) is 11.5 Å². The van der Waals surface area contributed by atoms with Crippen molar-refractivity contribution in [3.05, 3.63) is 88.7 Å². The fourth-order valence-electron chi connectivity index (χ4n) is 5.20. The van der Waals surface area contributed by atoms with Crippen LogP contribution in [0, 0.1) is 19.7 Å². The van der Waals surface area contributed by atoms with Crippen LogP contribution in [-0.2, 0) is 4.79 Å². The Hall–Kier alpha value is -3.87. The number of carbonyl (C=O) groups excluding carboxylic acids is 2. The number of anilines is 1. The number of rotatable bonds is 6. The Kier molecular flexibility index (Phi) is 7.12. The highest BCUT2D eigenvalue weighted by atomic mass is 19.1. The molecular formula is C30H31FN2O4. The largest absolute Gasteiger partial charge is 0.486 e. The lowest BCUT2D eigenvalue weighted by Gasteiger charge is -2.33. The monoisotopic (exact) mass is 502 g/mol. The van der Waals surface area contributed by atoms with Gasteiger partial charge in [0.1, 0.15) is 25.1 Å². The molecule has 0 radical (unpaired) electrons. The molecule has 5 rings (SSSR count). The number of nitrogens with zero attached hydrogens (tertiary/aromatic N) is 1. The molecule has 192 valence electrons. The van der Waals surface area contributed by atoms with E-state index < -0.39 is 11.9 Å². The molecule has 37 heavy (non-hydrogen) atoms. The first-order valence-electron chi connectivity index (χ1n) is 12.8. The maximum atomic E-state index is 14.3. The van der Waals surface area contributed by atoms with Crippen LogP contribution in [0.5, 0.6) is 11.5 Å². The molecule has 2 aliphatic rings. The predicted molar refractivity (Wildman–Crippen MR) is 140 cm³/mol. The van der Waals surface area contributed by atoms with Crippen LogP contribution in [0.15, 0.2) is 60.7 Å². The standard InChI is InChI=1S/C30H31FN2O4/c1-19-15-20(2)17-25(16-19)33(30(35)22-9-12-26-27(18-22)37-14-13-36-26)28(21-7-10-23(31)11-8-21)29(34)32-24-5-3-4-6-24/h7-12,15-18,24,28H,3-6,13-14H2,1-2H3,(H,32,34). The average molecular weight is 503 g/mol. The van der Waals surface area contributed by atoms with Crippen molar-refractivity contribution in [2.24, 2.45) is 0 Å². The summed E-state index contributed by atoms with van der Waals surface area (Å²) in [7, 11) is 0. The molecule has 0 spiro atoms. The predicted octanol–water partition coefficient (Wildman–Crippen LogP) is 5.66. The van der Waals surface area contributed by atoms with Crippen molar-refractivity contribution in [1.82, 2.24) is 5.32 Å². The average Bonchev–Trinajstić information content (AvgIpc) is 3.39. The minimum Gasteiger partial charge on any atom is -0.486 e. The molecule has 1 saturated carbocycles. The number of nitrogens with one attached hydrogen (secondary N) is 1. The molecule has 1 N–H and O–H groups in total. The van der Waals surface area contributed by atoms with Crippen LogP contribution in [0.2, 0.25) is 0 Å². The second kappa shape index (κ2) is 10.6. The fraction of sp³-hybridized carbons (Fsp3) is 0.333. The number of hydrogen-bond acceptors (Lipinski definition) is 4. The number of carbonyl (C=O) groups is 2. The van der Waals surface area contributed by atoms with E-state index in [0.29, 0.717) is 41.5 Å². The van der Waals surface area contributed by atoms with E-state index in [-0.39, 0.29) is 17.9 Å². The van der Waals surface area contributed by atoms with E-state index in [9.17, 15) is 14.0 Å². The highest BCUT2D eigenvalue weighted by Crippen LogP contribution is 2.35. The zero-order chi connectivity index (χ0) is 25.9. The van der Waals surface area contributed by atoms with Crippen molar-refractivity contribution in [3.63, 3.8) is 0 Å². The number of ether oxygens (including phenoxy) is 2. The Bertz CT molecular complexity index is 1280. The molecule has 1 heterocycles. The van der Waals surface area contributed by atoms with Gasteiger partial charge in [0.05, 0.1) is 0 Å². The SMILES string of the molecule is Cc1cc(C)cc(N(C(=O)c2ccc3c(c2)OCCO3)C(C(=O)NC2CCCC2)c2ccc(F)cc2)c1. The van der Waals surface area contributed by atoms with E-state index in [1.807, 2.05) is 32.0 Å². The summed E-state index contributed by atoms with van der Waals surface area (Å²) in [6.45, 7) is 4.75. The summed E-state index contributed by atoms with van der Waals surface area (Å²) in [6, 6.07) is 15.7. The number of aryl methyl sites for hydroxylation is 2. The fourth-order valence-corrected chi connectivity index (χ4v) is 5.20. The summed E-state index contributed by atoms with van der Waals surface area (Å²) in [5.74, 6) is 0.0114. The topological polar surface area (TPSA) is 67.9 Å². The number of fused-ring (bicyclic) bond motifs is 1. The summed E-state index contributed by atoms with van der Waals surface area (Å²) in [6.07, 6.45) is 3.93. The highest BCUT2D eigenvalue weighted by Gasteiger charge is 2.35. The number of hydrogen-bond donors (Lipinski definition) is 1. The molecule has 3 aromatic rings. The van der Waals surface area contributed by atoms with Crippen LogP contribution in [0.3, 0.4) is 0 Å². The molecule has 0 bridgehead atoms. The van der Waals surface area contributed by atoms with E-state index in [2.05, 4.69) is 5.32 Å². The maximum absolute atomic E-state index is 14.3. The second-order valence-electron chi connectivity index (χ2n) is 9.82. The van der Waals surface area contributed by atoms with E-state index in [4.69, 9.17) is 9.47 Å². The molecule has 0 aromatic heterocycles. The third-order valence-corrected chi connectivity index (χ3v) is 6.89. The van der Waals surface area contributed by atoms with Gasteiger partial charge in [0.25, 0.3) is 5.91 Å². The molecule has 1 atom stereocenters. The smallest absolute Gasteiger partial charge is 0.259 e. The van der Waals surface area contributed by atoms with Crippen molar-refractivity contribution >= 4 is 17.5 Å². The van der Waals surface area contributed by atoms with Gasteiger partial charge < -0.3 is 14.8 Å².